The summed E-state index contributed by atoms with van der Waals surface area (Å²) in [5, 5.41) is 3.55. The van der Waals surface area contributed by atoms with E-state index in [4.69, 9.17) is 0 Å². The third-order valence-electron chi connectivity index (χ3n) is 3.29. The molecule has 1 aromatic carbocycles. The number of nitrogens with zero attached hydrogens (tertiary/aromatic N) is 2. The summed E-state index contributed by atoms with van der Waals surface area (Å²) in [7, 11) is 0. The molecule has 102 valence electrons. The van der Waals surface area contributed by atoms with Crippen molar-refractivity contribution >= 4 is 0 Å². The number of nitrogens with one attached hydrogen (secondary N) is 1. The van der Waals surface area contributed by atoms with Crippen molar-refractivity contribution in [1.82, 2.24) is 14.9 Å². The number of hydrogen-bond acceptors (Lipinski definition) is 2. The highest BCUT2D eigenvalue weighted by Crippen LogP contribution is 2.17. The Morgan fingerprint density at radius 1 is 1.21 bits per heavy atom. The highest BCUT2D eigenvalue weighted by molar-refractivity contribution is 5.55. The first-order chi connectivity index (χ1) is 9.35. The van der Waals surface area contributed by atoms with E-state index in [0.717, 1.165) is 18.9 Å². The van der Waals surface area contributed by atoms with E-state index >= 15 is 0 Å². The van der Waals surface area contributed by atoms with E-state index in [1.54, 1.807) is 0 Å². The lowest BCUT2D eigenvalue weighted by Crippen LogP contribution is -2.33. The summed E-state index contributed by atoms with van der Waals surface area (Å²) in [6.45, 7) is 6.39. The van der Waals surface area contributed by atoms with Crippen LogP contribution in [0.4, 0.5) is 0 Å². The third-order valence-corrected chi connectivity index (χ3v) is 3.29. The minimum Gasteiger partial charge on any atom is -0.329 e. The van der Waals surface area contributed by atoms with E-state index in [1.807, 2.05) is 12.3 Å². The van der Waals surface area contributed by atoms with Gasteiger partial charge in [-0.05, 0) is 13.0 Å². The maximum Gasteiger partial charge on any atom is 0.139 e. The van der Waals surface area contributed by atoms with Crippen molar-refractivity contribution in [1.29, 1.82) is 0 Å². The summed E-state index contributed by atoms with van der Waals surface area (Å²) < 4.78 is 2.25. The molecule has 1 N–H and O–H groups in total. The minimum absolute atomic E-state index is 0.520. The standard InChI is InChI=1S/C16H23N3/c1-3-8-15(17-4-2)13-19-12-11-18-16(19)14-9-6-5-7-10-14/h5-7,9-12,15,17H,3-4,8,13H2,1-2H3. The lowest BCUT2D eigenvalue weighted by molar-refractivity contribution is 0.431. The fourth-order valence-electron chi connectivity index (χ4n) is 2.44. The maximum absolute atomic E-state index is 4.49. The van der Waals surface area contributed by atoms with Gasteiger partial charge in [0.2, 0.25) is 0 Å². The molecule has 1 atom stereocenters. The second-order valence-corrected chi connectivity index (χ2v) is 4.81. The van der Waals surface area contributed by atoms with Gasteiger partial charge in [0, 0.05) is 30.5 Å². The SMILES string of the molecule is CCCC(Cn1ccnc1-c1ccccc1)NCC. The number of hydrogen-bond donors (Lipinski definition) is 1. The zero-order valence-corrected chi connectivity index (χ0v) is 11.8. The number of aromatic nitrogens is 2. The van der Waals surface area contributed by atoms with E-state index < -0.39 is 0 Å². The van der Waals surface area contributed by atoms with Gasteiger partial charge in [0.05, 0.1) is 0 Å². The van der Waals surface area contributed by atoms with Crippen LogP contribution in [0.15, 0.2) is 42.7 Å². The van der Waals surface area contributed by atoms with Crippen molar-refractivity contribution in [3.05, 3.63) is 42.7 Å². The molecule has 19 heavy (non-hydrogen) atoms. The first-order valence-electron chi connectivity index (χ1n) is 7.15. The minimum atomic E-state index is 0.520. The Morgan fingerprint density at radius 2 is 2.00 bits per heavy atom. The molecule has 0 aliphatic heterocycles. The first kappa shape index (κ1) is 13.8. The Morgan fingerprint density at radius 3 is 2.68 bits per heavy atom. The third kappa shape index (κ3) is 3.67. The largest absolute Gasteiger partial charge is 0.329 e. The molecule has 0 saturated heterocycles. The number of likely N-dealkylation sites (N-methyl/N-ethyl adjacent to an activating group) is 1. The second kappa shape index (κ2) is 7.10. The smallest absolute Gasteiger partial charge is 0.139 e. The summed E-state index contributed by atoms with van der Waals surface area (Å²) >= 11 is 0. The second-order valence-electron chi connectivity index (χ2n) is 4.81. The normalized spacial score (nSPS) is 12.5. The van der Waals surface area contributed by atoms with Gasteiger partial charge in [-0.15, -0.1) is 0 Å². The molecule has 3 heteroatoms. The molecule has 0 aliphatic rings. The van der Waals surface area contributed by atoms with Crippen molar-refractivity contribution in [3.63, 3.8) is 0 Å². The molecular formula is C16H23N3. The summed E-state index contributed by atoms with van der Waals surface area (Å²) in [6.07, 6.45) is 6.35. The van der Waals surface area contributed by atoms with Crippen LogP contribution >= 0.6 is 0 Å². The van der Waals surface area contributed by atoms with Crippen LogP contribution in [0.1, 0.15) is 26.7 Å². The van der Waals surface area contributed by atoms with Gasteiger partial charge in [0.25, 0.3) is 0 Å². The Balaban J connectivity index is 2.15. The van der Waals surface area contributed by atoms with Crippen LogP contribution in [0, 0.1) is 0 Å². The monoisotopic (exact) mass is 257 g/mol. The molecule has 0 radical (unpaired) electrons. The highest BCUT2D eigenvalue weighted by Gasteiger charge is 2.11. The van der Waals surface area contributed by atoms with Crippen LogP contribution in [0.5, 0.6) is 0 Å². The summed E-state index contributed by atoms with van der Waals surface area (Å²) in [6, 6.07) is 10.9. The zero-order chi connectivity index (χ0) is 13.5. The van der Waals surface area contributed by atoms with Gasteiger partial charge in [-0.25, -0.2) is 4.98 Å². The Kier molecular flexibility index (Phi) is 5.16. The maximum atomic E-state index is 4.49. The molecule has 0 bridgehead atoms. The van der Waals surface area contributed by atoms with Crippen molar-refractivity contribution in [3.8, 4) is 11.4 Å². The van der Waals surface area contributed by atoms with Crippen LogP contribution in [0.25, 0.3) is 11.4 Å². The topological polar surface area (TPSA) is 29.9 Å². The van der Waals surface area contributed by atoms with Crippen LogP contribution in [0.2, 0.25) is 0 Å². The molecule has 0 saturated carbocycles. The molecular weight excluding hydrogens is 234 g/mol. The predicted molar refractivity (Wildman–Crippen MR) is 80.0 cm³/mol. The molecule has 1 aromatic heterocycles. The molecule has 1 heterocycles. The lowest BCUT2D eigenvalue weighted by atomic mass is 10.1. The van der Waals surface area contributed by atoms with Gasteiger partial charge in [0.1, 0.15) is 5.82 Å². The predicted octanol–water partition coefficient (Wildman–Crippen LogP) is 3.33. The van der Waals surface area contributed by atoms with Gasteiger partial charge in [-0.2, -0.15) is 0 Å². The molecule has 0 spiro atoms. The summed E-state index contributed by atoms with van der Waals surface area (Å²) in [5.41, 5.74) is 1.18. The van der Waals surface area contributed by atoms with Crippen LogP contribution in [0.3, 0.4) is 0 Å². The van der Waals surface area contributed by atoms with Gasteiger partial charge < -0.3 is 9.88 Å². The van der Waals surface area contributed by atoms with Gasteiger partial charge in [0.15, 0.2) is 0 Å². The number of benzene rings is 1. The van der Waals surface area contributed by atoms with E-state index in [1.165, 1.54) is 18.4 Å². The highest BCUT2D eigenvalue weighted by atomic mass is 15.1. The first-order valence-corrected chi connectivity index (χ1v) is 7.15. The average Bonchev–Trinajstić information content (AvgIpc) is 2.88. The molecule has 2 rings (SSSR count). The number of rotatable bonds is 7. The molecule has 1 unspecified atom stereocenters. The van der Waals surface area contributed by atoms with Crippen LogP contribution < -0.4 is 5.32 Å². The Hall–Kier alpha value is -1.61. The Labute approximate surface area is 115 Å². The van der Waals surface area contributed by atoms with Crippen molar-refractivity contribution in [2.75, 3.05) is 6.54 Å². The molecule has 0 amide bonds. The molecule has 2 aromatic rings. The number of imidazole rings is 1. The lowest BCUT2D eigenvalue weighted by Gasteiger charge is -2.19. The molecule has 3 nitrogen and oxygen atoms in total. The fraction of sp³-hybridized carbons (Fsp3) is 0.438. The van der Waals surface area contributed by atoms with E-state index in [2.05, 4.69) is 59.2 Å². The molecule has 0 fully saturated rings. The zero-order valence-electron chi connectivity index (χ0n) is 11.8. The fourth-order valence-corrected chi connectivity index (χ4v) is 2.44. The van der Waals surface area contributed by atoms with E-state index in [9.17, 15) is 0 Å². The van der Waals surface area contributed by atoms with Crippen LogP contribution in [-0.4, -0.2) is 22.1 Å². The summed E-state index contributed by atoms with van der Waals surface area (Å²) in [4.78, 5) is 4.49. The van der Waals surface area contributed by atoms with Crippen molar-refractivity contribution < 1.29 is 0 Å². The van der Waals surface area contributed by atoms with Gasteiger partial charge >= 0.3 is 0 Å². The van der Waals surface area contributed by atoms with Gasteiger partial charge in [-0.3, -0.25) is 0 Å². The Bertz CT molecular complexity index is 470. The van der Waals surface area contributed by atoms with Crippen molar-refractivity contribution in [2.24, 2.45) is 0 Å². The van der Waals surface area contributed by atoms with Crippen LogP contribution in [-0.2, 0) is 6.54 Å². The average molecular weight is 257 g/mol. The summed E-state index contributed by atoms with van der Waals surface area (Å²) in [5.74, 6) is 1.06. The van der Waals surface area contributed by atoms with Gasteiger partial charge in [-0.1, -0.05) is 50.6 Å². The van der Waals surface area contributed by atoms with E-state index in [0.29, 0.717) is 6.04 Å². The van der Waals surface area contributed by atoms with E-state index in [-0.39, 0.29) is 0 Å². The quantitative estimate of drug-likeness (QED) is 0.824. The molecule has 0 aliphatic carbocycles. The van der Waals surface area contributed by atoms with Crippen molar-refractivity contribution in [2.45, 2.75) is 39.3 Å².